The Hall–Kier alpha value is -1.49. The second-order valence-corrected chi connectivity index (χ2v) is 7.23. The molecule has 0 aliphatic heterocycles. The lowest BCUT2D eigenvalue weighted by molar-refractivity contribution is -0.119. The zero-order valence-corrected chi connectivity index (χ0v) is 13.4. The van der Waals surface area contributed by atoms with Gasteiger partial charge in [0.15, 0.2) is 0 Å². The van der Waals surface area contributed by atoms with E-state index < -0.39 is 6.03 Å². The third-order valence-corrected chi connectivity index (χ3v) is 4.23. The molecule has 1 aromatic carbocycles. The van der Waals surface area contributed by atoms with Crippen molar-refractivity contribution in [1.29, 1.82) is 0 Å². The monoisotopic (exact) mass is 294 g/mol. The van der Waals surface area contributed by atoms with Crippen molar-refractivity contribution in [2.24, 2.45) is 5.73 Å². The molecule has 1 aromatic rings. The number of thioether (sulfide) groups is 1. The van der Waals surface area contributed by atoms with Gasteiger partial charge in [0.1, 0.15) is 0 Å². The van der Waals surface area contributed by atoms with Gasteiger partial charge in [0.25, 0.3) is 0 Å². The molecule has 1 atom stereocenters. The number of rotatable bonds is 3. The second-order valence-electron chi connectivity index (χ2n) is 5.84. The van der Waals surface area contributed by atoms with Crippen LogP contribution in [0.2, 0.25) is 0 Å². The van der Waals surface area contributed by atoms with Gasteiger partial charge in [0.05, 0.1) is 5.25 Å². The van der Waals surface area contributed by atoms with E-state index in [0.717, 1.165) is 10.5 Å². The zero-order valence-electron chi connectivity index (χ0n) is 12.6. The summed E-state index contributed by atoms with van der Waals surface area (Å²) in [6, 6.07) is 5.45. The Kier molecular flexibility index (Phi) is 5.22. The van der Waals surface area contributed by atoms with Crippen molar-refractivity contribution in [3.8, 4) is 0 Å². The van der Waals surface area contributed by atoms with Crippen LogP contribution in [0, 0.1) is 6.92 Å². The number of nitrogens with one attached hydrogen (secondary N) is 1. The Morgan fingerprint density at radius 2 is 1.90 bits per heavy atom. The van der Waals surface area contributed by atoms with Crippen molar-refractivity contribution in [2.45, 2.75) is 50.2 Å². The van der Waals surface area contributed by atoms with E-state index in [-0.39, 0.29) is 16.6 Å². The lowest BCUT2D eigenvalue weighted by atomic mass is 9.87. The molecule has 4 nitrogen and oxygen atoms in total. The molecule has 0 saturated heterocycles. The Labute approximate surface area is 124 Å². The molecule has 0 bridgehead atoms. The molecule has 5 heteroatoms. The average molecular weight is 294 g/mol. The number of carbonyl (C=O) groups excluding carboxylic acids is 2. The fourth-order valence-electron chi connectivity index (χ4n) is 1.66. The molecule has 3 N–H and O–H groups in total. The van der Waals surface area contributed by atoms with Crippen LogP contribution in [0.15, 0.2) is 23.1 Å². The maximum Gasteiger partial charge on any atom is 0.318 e. The van der Waals surface area contributed by atoms with Gasteiger partial charge in [-0.1, -0.05) is 32.9 Å². The first kappa shape index (κ1) is 16.6. The summed E-state index contributed by atoms with van der Waals surface area (Å²) >= 11 is 1.43. The fraction of sp³-hybridized carbons (Fsp3) is 0.467. The van der Waals surface area contributed by atoms with Gasteiger partial charge >= 0.3 is 6.03 Å². The molecule has 3 amide bonds. The number of carbonyl (C=O) groups is 2. The van der Waals surface area contributed by atoms with Crippen LogP contribution in [-0.4, -0.2) is 17.2 Å². The van der Waals surface area contributed by atoms with Crippen LogP contribution >= 0.6 is 11.8 Å². The van der Waals surface area contributed by atoms with E-state index in [0.29, 0.717) is 0 Å². The summed E-state index contributed by atoms with van der Waals surface area (Å²) in [5, 5.41) is 1.73. The van der Waals surface area contributed by atoms with E-state index in [4.69, 9.17) is 5.73 Å². The largest absolute Gasteiger partial charge is 0.351 e. The molecule has 0 saturated carbocycles. The number of primary amides is 1. The predicted octanol–water partition coefficient (Wildman–Crippen LogP) is 2.97. The number of nitrogens with two attached hydrogens (primary N) is 1. The maximum atomic E-state index is 11.7. The molecule has 0 aliphatic carbocycles. The standard InChI is InChI=1S/C15H22N2O2S/c1-9-6-7-11(15(3,4)5)8-12(9)20-10(2)13(18)17-14(16)19/h6-8,10H,1-5H3,(H3,16,17,18,19). The highest BCUT2D eigenvalue weighted by molar-refractivity contribution is 8.00. The van der Waals surface area contributed by atoms with Gasteiger partial charge in [-0.3, -0.25) is 10.1 Å². The Balaban J connectivity index is 2.92. The lowest BCUT2D eigenvalue weighted by Crippen LogP contribution is -2.39. The first-order valence-electron chi connectivity index (χ1n) is 6.49. The minimum Gasteiger partial charge on any atom is -0.351 e. The van der Waals surface area contributed by atoms with Gasteiger partial charge < -0.3 is 5.73 Å². The molecule has 1 unspecified atom stereocenters. The Morgan fingerprint density at radius 1 is 1.30 bits per heavy atom. The van der Waals surface area contributed by atoms with Crippen molar-refractivity contribution in [3.05, 3.63) is 29.3 Å². The highest BCUT2D eigenvalue weighted by atomic mass is 32.2. The van der Waals surface area contributed by atoms with E-state index in [1.54, 1.807) is 6.92 Å². The summed E-state index contributed by atoms with van der Waals surface area (Å²) in [5.41, 5.74) is 7.34. The van der Waals surface area contributed by atoms with E-state index in [1.165, 1.54) is 17.3 Å². The first-order valence-corrected chi connectivity index (χ1v) is 7.37. The van der Waals surface area contributed by atoms with Crippen molar-refractivity contribution < 1.29 is 9.59 Å². The van der Waals surface area contributed by atoms with Crippen LogP contribution < -0.4 is 11.1 Å². The number of urea groups is 1. The van der Waals surface area contributed by atoms with Crippen molar-refractivity contribution >= 4 is 23.7 Å². The minimum atomic E-state index is -0.817. The van der Waals surface area contributed by atoms with Gasteiger partial charge in [0, 0.05) is 4.90 Å². The molecule has 0 spiro atoms. The summed E-state index contributed by atoms with van der Waals surface area (Å²) < 4.78 is 0. The number of imide groups is 1. The van der Waals surface area contributed by atoms with Gasteiger partial charge in [-0.2, -0.15) is 0 Å². The second kappa shape index (κ2) is 6.31. The van der Waals surface area contributed by atoms with Gasteiger partial charge in [-0.25, -0.2) is 4.79 Å². The molecular formula is C15H22N2O2S. The van der Waals surface area contributed by atoms with E-state index in [9.17, 15) is 9.59 Å². The molecule has 0 heterocycles. The van der Waals surface area contributed by atoms with Crippen LogP contribution in [-0.2, 0) is 10.2 Å². The third kappa shape index (κ3) is 4.56. The molecule has 110 valence electrons. The SMILES string of the molecule is Cc1ccc(C(C)(C)C)cc1SC(C)C(=O)NC(N)=O. The number of hydrogen-bond acceptors (Lipinski definition) is 3. The van der Waals surface area contributed by atoms with Crippen LogP contribution in [0.1, 0.15) is 38.8 Å². The number of aryl methyl sites for hydroxylation is 1. The van der Waals surface area contributed by atoms with Crippen LogP contribution in [0.4, 0.5) is 4.79 Å². The summed E-state index contributed by atoms with van der Waals surface area (Å²) in [7, 11) is 0. The first-order chi connectivity index (χ1) is 9.11. The smallest absolute Gasteiger partial charge is 0.318 e. The number of amides is 3. The van der Waals surface area contributed by atoms with E-state index in [1.807, 2.05) is 6.92 Å². The Bertz CT molecular complexity index is 521. The molecule has 1 rings (SSSR count). The predicted molar refractivity (Wildman–Crippen MR) is 82.9 cm³/mol. The molecular weight excluding hydrogens is 272 g/mol. The number of benzene rings is 1. The summed E-state index contributed by atoms with van der Waals surface area (Å²) in [5.74, 6) is -0.372. The molecule has 0 radical (unpaired) electrons. The van der Waals surface area contributed by atoms with Gasteiger partial charge in [-0.05, 0) is 36.5 Å². The van der Waals surface area contributed by atoms with Crippen molar-refractivity contribution in [3.63, 3.8) is 0 Å². The highest BCUT2D eigenvalue weighted by Crippen LogP contribution is 2.31. The summed E-state index contributed by atoms with van der Waals surface area (Å²) in [6.07, 6.45) is 0. The minimum absolute atomic E-state index is 0.0573. The quantitative estimate of drug-likeness (QED) is 0.842. The molecule has 0 aliphatic rings. The van der Waals surface area contributed by atoms with E-state index >= 15 is 0 Å². The molecule has 20 heavy (non-hydrogen) atoms. The number of hydrogen-bond donors (Lipinski definition) is 2. The van der Waals surface area contributed by atoms with Gasteiger partial charge in [-0.15, -0.1) is 11.8 Å². The maximum absolute atomic E-state index is 11.7. The molecule has 0 fully saturated rings. The summed E-state index contributed by atoms with van der Waals surface area (Å²) in [6.45, 7) is 10.2. The summed E-state index contributed by atoms with van der Waals surface area (Å²) in [4.78, 5) is 23.5. The van der Waals surface area contributed by atoms with Crippen LogP contribution in [0.3, 0.4) is 0 Å². The zero-order chi connectivity index (χ0) is 15.5. The van der Waals surface area contributed by atoms with Gasteiger partial charge in [0.2, 0.25) is 5.91 Å². The van der Waals surface area contributed by atoms with Crippen molar-refractivity contribution in [2.75, 3.05) is 0 Å². The lowest BCUT2D eigenvalue weighted by Gasteiger charge is -2.21. The third-order valence-electron chi connectivity index (χ3n) is 2.97. The average Bonchev–Trinajstić information content (AvgIpc) is 2.29. The highest BCUT2D eigenvalue weighted by Gasteiger charge is 2.19. The topological polar surface area (TPSA) is 72.2 Å². The van der Waals surface area contributed by atoms with Crippen molar-refractivity contribution in [1.82, 2.24) is 5.32 Å². The van der Waals surface area contributed by atoms with E-state index in [2.05, 4.69) is 44.3 Å². The Morgan fingerprint density at radius 3 is 2.40 bits per heavy atom. The van der Waals surface area contributed by atoms with Crippen LogP contribution in [0.25, 0.3) is 0 Å². The molecule has 0 aromatic heterocycles. The fourth-order valence-corrected chi connectivity index (χ4v) is 2.66. The van der Waals surface area contributed by atoms with Crippen LogP contribution in [0.5, 0.6) is 0 Å². The normalized spacial score (nSPS) is 12.8.